The van der Waals surface area contributed by atoms with Gasteiger partial charge < -0.3 is 9.64 Å². The first-order chi connectivity index (χ1) is 13.8. The van der Waals surface area contributed by atoms with Crippen LogP contribution in [0, 0.1) is 0 Å². The fraction of sp³-hybridized carbons (Fsp3) is 0.368. The van der Waals surface area contributed by atoms with Crippen LogP contribution in [0.2, 0.25) is 5.28 Å². The molecule has 10 heteroatoms. The summed E-state index contributed by atoms with van der Waals surface area (Å²) in [6.07, 6.45) is 0. The molecule has 0 saturated carbocycles. The van der Waals surface area contributed by atoms with Crippen molar-refractivity contribution in [2.75, 3.05) is 20.3 Å². The maximum atomic E-state index is 13.1. The van der Waals surface area contributed by atoms with Crippen LogP contribution in [0.3, 0.4) is 0 Å². The van der Waals surface area contributed by atoms with Crippen molar-refractivity contribution in [3.05, 3.63) is 62.0 Å². The highest BCUT2D eigenvalue weighted by atomic mass is 35.5. The first-order valence-electron chi connectivity index (χ1n) is 8.97. The predicted molar refractivity (Wildman–Crippen MR) is 109 cm³/mol. The Labute approximate surface area is 171 Å². The summed E-state index contributed by atoms with van der Waals surface area (Å²) >= 11 is 6.22. The molecule has 0 unspecified atom stereocenters. The number of rotatable bonds is 7. The molecule has 9 nitrogen and oxygen atoms in total. The van der Waals surface area contributed by atoms with Crippen molar-refractivity contribution < 1.29 is 9.53 Å². The highest BCUT2D eigenvalue weighted by Gasteiger charge is 2.22. The summed E-state index contributed by atoms with van der Waals surface area (Å²) in [5.41, 5.74) is 0.154. The van der Waals surface area contributed by atoms with Gasteiger partial charge in [0.1, 0.15) is 6.54 Å². The van der Waals surface area contributed by atoms with Crippen molar-refractivity contribution in [2.45, 2.75) is 13.1 Å². The molecule has 0 N–H and O–H groups in total. The molecule has 0 radical (unpaired) electrons. The molecule has 2 heterocycles. The van der Waals surface area contributed by atoms with E-state index in [0.29, 0.717) is 19.7 Å². The van der Waals surface area contributed by atoms with Crippen LogP contribution >= 0.6 is 11.6 Å². The molecule has 29 heavy (non-hydrogen) atoms. The molecule has 1 amide bonds. The summed E-state index contributed by atoms with van der Waals surface area (Å²) in [5.74, 6) is -0.247. The van der Waals surface area contributed by atoms with Gasteiger partial charge in [0.25, 0.3) is 5.56 Å². The van der Waals surface area contributed by atoms with Crippen molar-refractivity contribution >= 4 is 28.7 Å². The van der Waals surface area contributed by atoms with Gasteiger partial charge in [-0.05, 0) is 17.2 Å². The number of aromatic nitrogens is 4. The molecule has 0 atom stereocenters. The number of hydrogen-bond acceptors (Lipinski definition) is 5. The maximum Gasteiger partial charge on any atom is 0.332 e. The Morgan fingerprint density at radius 1 is 1.17 bits per heavy atom. The molecule has 3 aromatic rings. The van der Waals surface area contributed by atoms with E-state index in [4.69, 9.17) is 16.3 Å². The molecule has 0 aliphatic rings. The van der Waals surface area contributed by atoms with Crippen LogP contribution in [0.1, 0.15) is 5.56 Å². The summed E-state index contributed by atoms with van der Waals surface area (Å²) in [4.78, 5) is 43.6. The van der Waals surface area contributed by atoms with Gasteiger partial charge in [0.15, 0.2) is 11.2 Å². The van der Waals surface area contributed by atoms with Crippen LogP contribution in [0.25, 0.3) is 11.2 Å². The number of amides is 1. The zero-order valence-electron chi connectivity index (χ0n) is 16.5. The standard InChI is InChI=1S/C19H22ClN5O4/c1-22-16-15(17(27)23(2)19(22)28)25(18(20)21-16)12-14(26)24(9-10-29-3)11-13-7-5-4-6-8-13/h4-8H,9-12H2,1-3H3. The van der Waals surface area contributed by atoms with E-state index in [1.807, 2.05) is 30.3 Å². The van der Waals surface area contributed by atoms with Crippen LogP contribution in [-0.2, 0) is 36.7 Å². The minimum atomic E-state index is -0.554. The normalized spacial score (nSPS) is 11.2. The molecule has 0 saturated heterocycles. The Bertz CT molecular complexity index is 1150. The lowest BCUT2D eigenvalue weighted by Gasteiger charge is -2.23. The van der Waals surface area contributed by atoms with Gasteiger partial charge in [-0.2, -0.15) is 4.98 Å². The van der Waals surface area contributed by atoms with E-state index in [2.05, 4.69) is 4.98 Å². The van der Waals surface area contributed by atoms with Crippen molar-refractivity contribution in [3.63, 3.8) is 0 Å². The molecule has 0 fully saturated rings. The zero-order valence-corrected chi connectivity index (χ0v) is 17.2. The number of carbonyl (C=O) groups is 1. The fourth-order valence-electron chi connectivity index (χ4n) is 3.10. The first kappa shape index (κ1) is 20.8. The van der Waals surface area contributed by atoms with E-state index in [9.17, 15) is 14.4 Å². The van der Waals surface area contributed by atoms with Crippen molar-refractivity contribution in [1.82, 2.24) is 23.6 Å². The highest BCUT2D eigenvalue weighted by molar-refractivity contribution is 6.29. The smallest absolute Gasteiger partial charge is 0.332 e. The van der Waals surface area contributed by atoms with Crippen LogP contribution < -0.4 is 11.2 Å². The van der Waals surface area contributed by atoms with Crippen LogP contribution in [0.4, 0.5) is 0 Å². The highest BCUT2D eigenvalue weighted by Crippen LogP contribution is 2.16. The number of nitrogens with zero attached hydrogens (tertiary/aromatic N) is 5. The molecule has 2 aromatic heterocycles. The lowest BCUT2D eigenvalue weighted by Crippen LogP contribution is -2.39. The Morgan fingerprint density at radius 2 is 1.86 bits per heavy atom. The Balaban J connectivity index is 1.97. The number of hydrogen-bond donors (Lipinski definition) is 0. The Kier molecular flexibility index (Phi) is 6.19. The second-order valence-electron chi connectivity index (χ2n) is 6.64. The minimum Gasteiger partial charge on any atom is -0.383 e. The number of imidazole rings is 1. The number of carbonyl (C=O) groups excluding carboxylic acids is 1. The second-order valence-corrected chi connectivity index (χ2v) is 6.98. The molecule has 0 bridgehead atoms. The third-order valence-corrected chi connectivity index (χ3v) is 5.02. The molecule has 0 aliphatic carbocycles. The quantitative estimate of drug-likeness (QED) is 0.527. The van der Waals surface area contributed by atoms with Gasteiger partial charge >= 0.3 is 5.69 Å². The number of ether oxygens (including phenoxy) is 1. The summed E-state index contributed by atoms with van der Waals surface area (Å²) in [6, 6.07) is 9.57. The average Bonchev–Trinajstić information content (AvgIpc) is 3.05. The van der Waals surface area contributed by atoms with E-state index in [1.165, 1.54) is 23.2 Å². The molecule has 154 valence electrons. The summed E-state index contributed by atoms with van der Waals surface area (Å²) in [6.45, 7) is 0.960. The monoisotopic (exact) mass is 419 g/mol. The largest absolute Gasteiger partial charge is 0.383 e. The molecule has 1 aromatic carbocycles. The Morgan fingerprint density at radius 3 is 2.52 bits per heavy atom. The molecule has 3 rings (SSSR count). The van der Waals surface area contributed by atoms with Gasteiger partial charge in [-0.3, -0.25) is 23.3 Å². The van der Waals surface area contributed by atoms with Gasteiger partial charge in [0, 0.05) is 34.3 Å². The molecular weight excluding hydrogens is 398 g/mol. The van der Waals surface area contributed by atoms with E-state index in [0.717, 1.165) is 10.1 Å². The number of aryl methyl sites for hydroxylation is 1. The first-order valence-corrected chi connectivity index (χ1v) is 9.35. The SMILES string of the molecule is COCCN(Cc1ccccc1)C(=O)Cn1c(Cl)nc2c1c(=O)n(C)c(=O)n2C. The fourth-order valence-corrected chi connectivity index (χ4v) is 3.32. The summed E-state index contributed by atoms with van der Waals surface area (Å²) in [7, 11) is 4.44. The van der Waals surface area contributed by atoms with Gasteiger partial charge in [-0.25, -0.2) is 4.79 Å². The molecular formula is C19H22ClN5O4. The zero-order chi connectivity index (χ0) is 21.1. The van der Waals surface area contributed by atoms with Crippen molar-refractivity contribution in [2.24, 2.45) is 14.1 Å². The van der Waals surface area contributed by atoms with E-state index in [-0.39, 0.29) is 28.9 Å². The third-order valence-electron chi connectivity index (χ3n) is 4.73. The van der Waals surface area contributed by atoms with E-state index in [1.54, 1.807) is 12.0 Å². The number of fused-ring (bicyclic) bond motifs is 1. The Hall–Kier alpha value is -2.91. The van der Waals surface area contributed by atoms with E-state index >= 15 is 0 Å². The average molecular weight is 420 g/mol. The predicted octanol–water partition coefficient (Wildman–Crippen LogP) is 0.762. The second kappa shape index (κ2) is 8.62. The topological polar surface area (TPSA) is 91.4 Å². The summed E-state index contributed by atoms with van der Waals surface area (Å²) in [5, 5.41) is -0.0296. The lowest BCUT2D eigenvalue weighted by molar-refractivity contribution is -0.133. The number of methoxy groups -OCH3 is 1. The number of halogens is 1. The van der Waals surface area contributed by atoms with Crippen molar-refractivity contribution in [3.8, 4) is 0 Å². The van der Waals surface area contributed by atoms with Crippen molar-refractivity contribution in [1.29, 1.82) is 0 Å². The third kappa shape index (κ3) is 4.10. The van der Waals surface area contributed by atoms with Gasteiger partial charge in [0.2, 0.25) is 11.2 Å². The molecule has 0 aliphatic heterocycles. The lowest BCUT2D eigenvalue weighted by atomic mass is 10.2. The molecule has 0 spiro atoms. The van der Waals surface area contributed by atoms with Gasteiger partial charge in [-0.15, -0.1) is 0 Å². The maximum absolute atomic E-state index is 13.1. The van der Waals surface area contributed by atoms with Gasteiger partial charge in [-0.1, -0.05) is 30.3 Å². The van der Waals surface area contributed by atoms with E-state index < -0.39 is 11.2 Å². The van der Waals surface area contributed by atoms with Crippen LogP contribution in [0.15, 0.2) is 39.9 Å². The van der Waals surface area contributed by atoms with Crippen LogP contribution in [-0.4, -0.2) is 49.8 Å². The van der Waals surface area contributed by atoms with Crippen LogP contribution in [0.5, 0.6) is 0 Å². The summed E-state index contributed by atoms with van der Waals surface area (Å²) < 4.78 is 8.66. The number of benzene rings is 1. The van der Waals surface area contributed by atoms with Gasteiger partial charge in [0.05, 0.1) is 6.61 Å². The minimum absolute atomic E-state index is 0.0296.